The van der Waals surface area contributed by atoms with Crippen LogP contribution in [0.15, 0.2) is 36.4 Å². The van der Waals surface area contributed by atoms with Crippen LogP contribution in [0.1, 0.15) is 41.9 Å². The molecule has 1 aromatic heterocycles. The van der Waals surface area contributed by atoms with Crippen molar-refractivity contribution in [2.75, 3.05) is 6.61 Å². The summed E-state index contributed by atoms with van der Waals surface area (Å²) in [4.78, 5) is 27.3. The molecular formula is C17H20N4O4. The van der Waals surface area contributed by atoms with E-state index in [0.29, 0.717) is 23.7 Å². The summed E-state index contributed by atoms with van der Waals surface area (Å²) in [5, 5.41) is 18.0. The molecule has 1 aromatic carbocycles. The van der Waals surface area contributed by atoms with Gasteiger partial charge in [0.15, 0.2) is 5.82 Å². The van der Waals surface area contributed by atoms with Gasteiger partial charge in [-0.15, -0.1) is 0 Å². The zero-order valence-electron chi connectivity index (χ0n) is 14.1. The summed E-state index contributed by atoms with van der Waals surface area (Å²) in [7, 11) is 0. The molecule has 1 heterocycles. The number of hydrogen-bond donors (Lipinski definition) is 3. The second-order valence-corrected chi connectivity index (χ2v) is 5.65. The largest absolute Gasteiger partial charge is 0.488 e. The number of aromatic amines is 1. The van der Waals surface area contributed by atoms with Crippen LogP contribution in [0.2, 0.25) is 0 Å². The van der Waals surface area contributed by atoms with Crippen LogP contribution in [0.3, 0.4) is 0 Å². The fourth-order valence-corrected chi connectivity index (χ4v) is 2.05. The van der Waals surface area contributed by atoms with E-state index >= 15 is 0 Å². The number of carboxylic acids is 1. The molecule has 0 fully saturated rings. The van der Waals surface area contributed by atoms with Gasteiger partial charge in [-0.05, 0) is 31.6 Å². The Kier molecular flexibility index (Phi) is 5.89. The van der Waals surface area contributed by atoms with E-state index in [0.717, 1.165) is 5.57 Å². The molecule has 0 aliphatic rings. The van der Waals surface area contributed by atoms with Crippen molar-refractivity contribution in [2.24, 2.45) is 0 Å². The van der Waals surface area contributed by atoms with Crippen LogP contribution in [0, 0.1) is 0 Å². The average Bonchev–Trinajstić information content (AvgIpc) is 3.01. The number of H-pyrrole nitrogens is 1. The minimum absolute atomic E-state index is 0.230. The first-order valence-electron chi connectivity index (χ1n) is 7.67. The Bertz CT molecular complexity index is 784. The van der Waals surface area contributed by atoms with E-state index in [9.17, 15) is 9.59 Å². The fraction of sp³-hybridized carbons (Fsp3) is 0.294. The normalized spacial score (nSPS) is 11.6. The van der Waals surface area contributed by atoms with E-state index in [1.807, 2.05) is 6.92 Å². The van der Waals surface area contributed by atoms with Crippen molar-refractivity contribution in [2.45, 2.75) is 26.3 Å². The van der Waals surface area contributed by atoms with Crippen LogP contribution in [0.4, 0.5) is 0 Å². The highest BCUT2D eigenvalue weighted by Crippen LogP contribution is 2.19. The van der Waals surface area contributed by atoms with Gasteiger partial charge in [0.25, 0.3) is 5.91 Å². The number of amides is 1. The van der Waals surface area contributed by atoms with E-state index in [-0.39, 0.29) is 18.2 Å². The molecular weight excluding hydrogens is 324 g/mol. The summed E-state index contributed by atoms with van der Waals surface area (Å²) in [6.07, 6.45) is -0.259. The van der Waals surface area contributed by atoms with Gasteiger partial charge < -0.3 is 15.2 Å². The lowest BCUT2D eigenvalue weighted by Gasteiger charge is -2.14. The summed E-state index contributed by atoms with van der Waals surface area (Å²) in [6.45, 7) is 7.63. The Balaban J connectivity index is 2.07. The third kappa shape index (κ3) is 5.17. The van der Waals surface area contributed by atoms with E-state index in [2.05, 4.69) is 27.1 Å². The molecule has 0 bridgehead atoms. The lowest BCUT2D eigenvalue weighted by Crippen LogP contribution is -2.28. The molecule has 132 valence electrons. The van der Waals surface area contributed by atoms with Gasteiger partial charge in [-0.3, -0.25) is 14.7 Å². The monoisotopic (exact) mass is 344 g/mol. The van der Waals surface area contributed by atoms with E-state index in [4.69, 9.17) is 9.84 Å². The number of rotatable bonds is 8. The third-order valence-corrected chi connectivity index (χ3v) is 3.21. The van der Waals surface area contributed by atoms with Gasteiger partial charge in [0.2, 0.25) is 0 Å². The maximum absolute atomic E-state index is 12.5. The molecule has 3 N–H and O–H groups in total. The first-order chi connectivity index (χ1) is 11.9. The topological polar surface area (TPSA) is 117 Å². The lowest BCUT2D eigenvalue weighted by molar-refractivity contribution is -0.136. The molecule has 0 radical (unpaired) electrons. The van der Waals surface area contributed by atoms with Crippen molar-refractivity contribution in [3.05, 3.63) is 53.6 Å². The Morgan fingerprint density at radius 1 is 1.40 bits per heavy atom. The summed E-state index contributed by atoms with van der Waals surface area (Å²) in [6, 6.07) is 6.39. The molecule has 0 saturated heterocycles. The van der Waals surface area contributed by atoms with Gasteiger partial charge in [-0.25, -0.2) is 4.98 Å². The SMILES string of the molecule is C=C(C)COc1ccccc1C(=O)NC(C)c1n[nH]c(CC(=O)O)n1. The Morgan fingerprint density at radius 2 is 2.12 bits per heavy atom. The number of ether oxygens (including phenoxy) is 1. The predicted octanol–water partition coefficient (Wildman–Crippen LogP) is 1.88. The minimum Gasteiger partial charge on any atom is -0.488 e. The molecule has 2 rings (SSSR count). The Hall–Kier alpha value is -3.16. The summed E-state index contributed by atoms with van der Waals surface area (Å²) in [5.41, 5.74) is 1.23. The first-order valence-corrected chi connectivity index (χ1v) is 7.67. The van der Waals surface area contributed by atoms with E-state index < -0.39 is 12.0 Å². The average molecular weight is 344 g/mol. The van der Waals surface area contributed by atoms with Crippen LogP contribution in [-0.4, -0.2) is 38.8 Å². The zero-order valence-corrected chi connectivity index (χ0v) is 14.1. The summed E-state index contributed by atoms with van der Waals surface area (Å²) >= 11 is 0. The molecule has 0 aliphatic carbocycles. The number of aliphatic carboxylic acids is 1. The van der Waals surface area contributed by atoms with Gasteiger partial charge in [0, 0.05) is 0 Å². The first kappa shape index (κ1) is 18.2. The molecule has 1 unspecified atom stereocenters. The van der Waals surface area contributed by atoms with Crippen molar-refractivity contribution in [1.82, 2.24) is 20.5 Å². The summed E-state index contributed by atoms with van der Waals surface area (Å²) in [5.74, 6) is -0.354. The van der Waals surface area contributed by atoms with Crippen molar-refractivity contribution < 1.29 is 19.4 Å². The number of carboxylic acid groups (broad SMARTS) is 1. The number of nitrogens with zero attached hydrogens (tertiary/aromatic N) is 2. The quantitative estimate of drug-likeness (QED) is 0.629. The van der Waals surface area contributed by atoms with Crippen LogP contribution in [0.5, 0.6) is 5.75 Å². The van der Waals surface area contributed by atoms with Crippen molar-refractivity contribution in [1.29, 1.82) is 0 Å². The second kappa shape index (κ2) is 8.09. The van der Waals surface area contributed by atoms with Gasteiger partial charge >= 0.3 is 5.97 Å². The van der Waals surface area contributed by atoms with Crippen LogP contribution >= 0.6 is 0 Å². The van der Waals surface area contributed by atoms with Crippen LogP contribution in [0.25, 0.3) is 0 Å². The number of carbonyl (C=O) groups excluding carboxylic acids is 1. The third-order valence-electron chi connectivity index (χ3n) is 3.21. The Morgan fingerprint density at radius 3 is 2.80 bits per heavy atom. The van der Waals surface area contributed by atoms with E-state index in [1.165, 1.54) is 0 Å². The highest BCUT2D eigenvalue weighted by molar-refractivity contribution is 5.97. The molecule has 1 atom stereocenters. The minimum atomic E-state index is -1.01. The van der Waals surface area contributed by atoms with Gasteiger partial charge in [-0.2, -0.15) is 5.10 Å². The maximum atomic E-state index is 12.5. The van der Waals surface area contributed by atoms with Crippen molar-refractivity contribution >= 4 is 11.9 Å². The number of benzene rings is 1. The smallest absolute Gasteiger partial charge is 0.311 e. The van der Waals surface area contributed by atoms with Crippen molar-refractivity contribution in [3.63, 3.8) is 0 Å². The summed E-state index contributed by atoms with van der Waals surface area (Å²) < 4.78 is 5.59. The highest BCUT2D eigenvalue weighted by Gasteiger charge is 2.18. The van der Waals surface area contributed by atoms with Gasteiger partial charge in [0.1, 0.15) is 24.6 Å². The number of para-hydroxylation sites is 1. The number of aromatic nitrogens is 3. The fourth-order valence-electron chi connectivity index (χ4n) is 2.05. The number of hydrogen-bond acceptors (Lipinski definition) is 5. The van der Waals surface area contributed by atoms with Gasteiger partial charge in [-0.1, -0.05) is 18.7 Å². The lowest BCUT2D eigenvalue weighted by atomic mass is 10.1. The Labute approximate surface area is 144 Å². The predicted molar refractivity (Wildman–Crippen MR) is 90.4 cm³/mol. The molecule has 25 heavy (non-hydrogen) atoms. The number of nitrogens with one attached hydrogen (secondary N) is 2. The molecule has 8 heteroatoms. The molecule has 0 spiro atoms. The standard InChI is InChI=1S/C17H20N4O4/c1-10(2)9-25-13-7-5-4-6-12(13)17(24)18-11(3)16-19-14(20-21-16)8-15(22)23/h4-7,11H,1,8-9H2,2-3H3,(H,18,24)(H,22,23)(H,19,20,21). The maximum Gasteiger partial charge on any atom is 0.311 e. The molecule has 8 nitrogen and oxygen atoms in total. The molecule has 0 saturated carbocycles. The number of carbonyl (C=O) groups is 2. The molecule has 2 aromatic rings. The van der Waals surface area contributed by atoms with Gasteiger partial charge in [0.05, 0.1) is 11.6 Å². The molecule has 0 aliphatic heterocycles. The second-order valence-electron chi connectivity index (χ2n) is 5.65. The van der Waals surface area contributed by atoms with E-state index in [1.54, 1.807) is 31.2 Å². The van der Waals surface area contributed by atoms with Crippen LogP contribution < -0.4 is 10.1 Å². The van der Waals surface area contributed by atoms with Crippen LogP contribution in [-0.2, 0) is 11.2 Å². The highest BCUT2D eigenvalue weighted by atomic mass is 16.5. The zero-order chi connectivity index (χ0) is 18.4. The van der Waals surface area contributed by atoms with Crippen molar-refractivity contribution in [3.8, 4) is 5.75 Å². The molecule has 1 amide bonds.